The van der Waals surface area contributed by atoms with Gasteiger partial charge in [-0.05, 0) is 25.7 Å². The van der Waals surface area contributed by atoms with Gasteiger partial charge in [0.15, 0.2) is 0 Å². The van der Waals surface area contributed by atoms with Crippen molar-refractivity contribution >= 4 is 11.3 Å². The van der Waals surface area contributed by atoms with Gasteiger partial charge in [-0.15, -0.1) is 0 Å². The van der Waals surface area contributed by atoms with Crippen molar-refractivity contribution in [2.24, 2.45) is 0 Å². The first-order valence-corrected chi connectivity index (χ1v) is 4.82. The van der Waals surface area contributed by atoms with Gasteiger partial charge in [-0.3, -0.25) is 0 Å². The minimum atomic E-state index is -0.253. The van der Waals surface area contributed by atoms with E-state index >= 15 is 0 Å². The fraction of sp³-hybridized carbons (Fsp3) is 0.625. The van der Waals surface area contributed by atoms with Crippen LogP contribution in [0.5, 0.6) is 0 Å². The van der Waals surface area contributed by atoms with E-state index in [1.165, 1.54) is 35.5 Å². The lowest BCUT2D eigenvalue weighted by Gasteiger charge is -1.90. The number of fused-ring (bicyclic) bond motifs is 1. The van der Waals surface area contributed by atoms with Crippen molar-refractivity contribution in [2.45, 2.75) is 32.1 Å². The van der Waals surface area contributed by atoms with Crippen LogP contribution in [0.15, 0.2) is 0 Å². The highest BCUT2D eigenvalue weighted by atomic mass is 32.1. The summed E-state index contributed by atoms with van der Waals surface area (Å²) in [7, 11) is 0. The van der Waals surface area contributed by atoms with E-state index in [-0.39, 0.29) is 5.26 Å². The zero-order chi connectivity index (χ0) is 7.68. The van der Waals surface area contributed by atoms with Gasteiger partial charge in [0.1, 0.15) is 0 Å². The molecule has 1 aliphatic carbocycles. The third-order valence-corrected chi connectivity index (χ3v) is 3.02. The van der Waals surface area contributed by atoms with Crippen LogP contribution in [0.4, 0.5) is 4.39 Å². The van der Waals surface area contributed by atoms with Gasteiger partial charge < -0.3 is 0 Å². The first-order chi connectivity index (χ1) is 5.36. The molecule has 1 heterocycles. The number of nitrogens with zero attached hydrogens (tertiary/aromatic N) is 1. The first-order valence-electron chi connectivity index (χ1n) is 4.00. The molecule has 1 aromatic rings. The molecule has 0 radical (unpaired) electrons. The Morgan fingerprint density at radius 3 is 2.91 bits per heavy atom. The summed E-state index contributed by atoms with van der Waals surface area (Å²) in [6.45, 7) is 0. The van der Waals surface area contributed by atoms with Gasteiger partial charge in [0.25, 0.3) is 5.26 Å². The van der Waals surface area contributed by atoms with Crippen molar-refractivity contribution in [1.29, 1.82) is 0 Å². The lowest BCUT2D eigenvalue weighted by atomic mass is 10.2. The molecule has 0 fully saturated rings. The van der Waals surface area contributed by atoms with Crippen LogP contribution < -0.4 is 0 Å². The Kier molecular flexibility index (Phi) is 1.90. The Bertz CT molecular complexity index is 233. The maximum atomic E-state index is 12.6. The summed E-state index contributed by atoms with van der Waals surface area (Å²) in [6, 6.07) is 0. The lowest BCUT2D eigenvalue weighted by Crippen LogP contribution is -1.85. The molecule has 60 valence electrons. The molecular weight excluding hydrogens is 161 g/mol. The van der Waals surface area contributed by atoms with Crippen LogP contribution in [-0.2, 0) is 12.8 Å². The van der Waals surface area contributed by atoms with E-state index in [0.29, 0.717) is 0 Å². The number of aromatic nitrogens is 1. The van der Waals surface area contributed by atoms with E-state index in [1.54, 1.807) is 0 Å². The monoisotopic (exact) mass is 171 g/mol. The normalized spacial score (nSPS) is 17.5. The fourth-order valence-corrected chi connectivity index (χ4v) is 2.37. The average molecular weight is 171 g/mol. The molecule has 0 aromatic carbocycles. The Hall–Kier alpha value is -0.440. The van der Waals surface area contributed by atoms with Gasteiger partial charge in [-0.25, -0.2) is 4.98 Å². The van der Waals surface area contributed by atoms with Crippen LogP contribution in [0.1, 0.15) is 29.8 Å². The maximum Gasteiger partial charge on any atom is 0.269 e. The Labute approximate surface area is 69.3 Å². The second-order valence-corrected chi connectivity index (χ2v) is 3.93. The molecule has 0 amide bonds. The van der Waals surface area contributed by atoms with Gasteiger partial charge in [-0.1, -0.05) is 17.8 Å². The van der Waals surface area contributed by atoms with E-state index in [1.807, 2.05) is 0 Å². The standard InChI is InChI=1S/C8H10FNS/c9-8-10-6-4-2-1-3-5-7(6)11-8/h1-5H2. The first kappa shape index (κ1) is 7.22. The quantitative estimate of drug-likeness (QED) is 0.547. The molecule has 0 N–H and O–H groups in total. The highest BCUT2D eigenvalue weighted by molar-refractivity contribution is 7.10. The van der Waals surface area contributed by atoms with Gasteiger partial charge in [-0.2, -0.15) is 4.39 Å². The van der Waals surface area contributed by atoms with Crippen molar-refractivity contribution in [1.82, 2.24) is 4.98 Å². The summed E-state index contributed by atoms with van der Waals surface area (Å²) in [6.07, 6.45) is 5.67. The summed E-state index contributed by atoms with van der Waals surface area (Å²) in [5, 5.41) is -0.253. The minimum Gasteiger partial charge on any atom is -0.214 e. The van der Waals surface area contributed by atoms with E-state index in [0.717, 1.165) is 18.5 Å². The van der Waals surface area contributed by atoms with Crippen LogP contribution in [0.3, 0.4) is 0 Å². The second kappa shape index (κ2) is 2.89. The molecular formula is C8H10FNS. The number of rotatable bonds is 0. The van der Waals surface area contributed by atoms with Gasteiger partial charge in [0, 0.05) is 4.88 Å². The summed E-state index contributed by atoms with van der Waals surface area (Å²) in [4.78, 5) is 5.04. The van der Waals surface area contributed by atoms with E-state index < -0.39 is 0 Å². The molecule has 1 aliphatic rings. The van der Waals surface area contributed by atoms with Crippen molar-refractivity contribution in [3.8, 4) is 0 Å². The van der Waals surface area contributed by atoms with Crippen LogP contribution >= 0.6 is 11.3 Å². The third kappa shape index (κ3) is 1.43. The molecule has 0 spiro atoms. The Morgan fingerprint density at radius 2 is 2.00 bits per heavy atom. The lowest BCUT2D eigenvalue weighted by molar-refractivity contribution is 0.608. The van der Waals surface area contributed by atoms with E-state index in [9.17, 15) is 4.39 Å². The van der Waals surface area contributed by atoms with E-state index in [2.05, 4.69) is 4.98 Å². The molecule has 1 nitrogen and oxygen atoms in total. The number of thiazole rings is 1. The van der Waals surface area contributed by atoms with Gasteiger partial charge >= 0.3 is 0 Å². The molecule has 0 bridgehead atoms. The summed E-state index contributed by atoms with van der Waals surface area (Å²) in [5.41, 5.74) is 1.02. The molecule has 0 saturated carbocycles. The largest absolute Gasteiger partial charge is 0.269 e. The predicted octanol–water partition coefficient (Wildman–Crippen LogP) is 2.55. The van der Waals surface area contributed by atoms with Crippen molar-refractivity contribution in [3.63, 3.8) is 0 Å². The number of hydrogen-bond acceptors (Lipinski definition) is 2. The highest BCUT2D eigenvalue weighted by Gasteiger charge is 2.12. The SMILES string of the molecule is Fc1nc2c(s1)CCCCC2. The van der Waals surface area contributed by atoms with Gasteiger partial charge in [0.05, 0.1) is 5.69 Å². The molecule has 0 aliphatic heterocycles. The molecule has 3 heteroatoms. The minimum absolute atomic E-state index is 0.253. The predicted molar refractivity (Wildman–Crippen MR) is 43.3 cm³/mol. The zero-order valence-electron chi connectivity index (χ0n) is 6.27. The summed E-state index contributed by atoms with van der Waals surface area (Å²) >= 11 is 1.23. The molecule has 0 saturated heterocycles. The topological polar surface area (TPSA) is 12.9 Å². The van der Waals surface area contributed by atoms with E-state index in [4.69, 9.17) is 0 Å². The van der Waals surface area contributed by atoms with Crippen molar-refractivity contribution in [2.75, 3.05) is 0 Å². The summed E-state index contributed by atoms with van der Waals surface area (Å²) < 4.78 is 12.6. The molecule has 0 atom stereocenters. The number of halogens is 1. The number of hydrogen-bond donors (Lipinski definition) is 0. The Morgan fingerprint density at radius 1 is 1.18 bits per heavy atom. The average Bonchev–Trinajstić information content (AvgIpc) is 2.17. The van der Waals surface area contributed by atoms with Crippen LogP contribution in [0, 0.1) is 5.26 Å². The molecule has 1 aromatic heterocycles. The second-order valence-electron chi connectivity index (χ2n) is 2.90. The van der Waals surface area contributed by atoms with Gasteiger partial charge in [0.2, 0.25) is 0 Å². The van der Waals surface area contributed by atoms with Crippen LogP contribution in [0.25, 0.3) is 0 Å². The highest BCUT2D eigenvalue weighted by Crippen LogP contribution is 2.24. The fourth-order valence-electron chi connectivity index (χ4n) is 1.50. The molecule has 0 unspecified atom stereocenters. The third-order valence-electron chi connectivity index (χ3n) is 2.07. The maximum absolute atomic E-state index is 12.6. The van der Waals surface area contributed by atoms with Crippen molar-refractivity contribution < 1.29 is 4.39 Å². The number of aryl methyl sites for hydroxylation is 2. The molecule has 11 heavy (non-hydrogen) atoms. The van der Waals surface area contributed by atoms with Crippen LogP contribution in [-0.4, -0.2) is 4.98 Å². The Balaban J connectivity index is 2.32. The smallest absolute Gasteiger partial charge is 0.214 e. The summed E-state index contributed by atoms with van der Waals surface area (Å²) in [5.74, 6) is 0. The van der Waals surface area contributed by atoms with Crippen LogP contribution in [0.2, 0.25) is 0 Å². The zero-order valence-corrected chi connectivity index (χ0v) is 7.09. The molecule has 2 rings (SSSR count). The van der Waals surface area contributed by atoms with Crippen molar-refractivity contribution in [3.05, 3.63) is 15.8 Å².